The minimum absolute atomic E-state index is 0.0355. The van der Waals surface area contributed by atoms with Crippen molar-refractivity contribution < 1.29 is 0 Å². The monoisotopic (exact) mass is 392 g/mol. The molecule has 0 radical (unpaired) electrons. The van der Waals surface area contributed by atoms with Crippen LogP contribution in [0.15, 0.2) is 34.9 Å². The maximum atomic E-state index is 6.26. The molecule has 0 spiro atoms. The summed E-state index contributed by atoms with van der Waals surface area (Å²) in [7, 11) is 0. The smallest absolute Gasteiger partial charge is 0.152 e. The Labute approximate surface area is 141 Å². The molecule has 0 amide bonds. The standard InChI is InChI=1S/C14H12BrCl3N2/c1-2-12(10-4-3-9(16)6-11(10)17)20-13-5-8(15)7-19-14(13)18/h3-7,12,20H,2H2,1H3. The number of aromatic nitrogens is 1. The molecule has 2 aromatic rings. The second-order valence-electron chi connectivity index (χ2n) is 4.26. The van der Waals surface area contributed by atoms with Crippen LogP contribution in [0.3, 0.4) is 0 Å². The highest BCUT2D eigenvalue weighted by molar-refractivity contribution is 9.10. The van der Waals surface area contributed by atoms with Crippen molar-refractivity contribution in [2.75, 3.05) is 5.32 Å². The molecule has 1 unspecified atom stereocenters. The molecule has 2 nitrogen and oxygen atoms in total. The summed E-state index contributed by atoms with van der Waals surface area (Å²) in [4.78, 5) is 4.10. The SMILES string of the molecule is CCC(Nc1cc(Br)cnc1Cl)c1ccc(Cl)cc1Cl. The van der Waals surface area contributed by atoms with Gasteiger partial charge in [-0.3, -0.25) is 0 Å². The Morgan fingerprint density at radius 3 is 2.65 bits per heavy atom. The van der Waals surface area contributed by atoms with Gasteiger partial charge in [0.1, 0.15) is 0 Å². The lowest BCUT2D eigenvalue weighted by atomic mass is 10.0. The highest BCUT2D eigenvalue weighted by Crippen LogP contribution is 2.33. The molecule has 1 atom stereocenters. The lowest BCUT2D eigenvalue weighted by Gasteiger charge is -2.20. The van der Waals surface area contributed by atoms with Gasteiger partial charge in [0.25, 0.3) is 0 Å². The number of hydrogen-bond acceptors (Lipinski definition) is 2. The number of halogens is 4. The fraction of sp³-hybridized carbons (Fsp3) is 0.214. The zero-order valence-corrected chi connectivity index (χ0v) is 14.5. The van der Waals surface area contributed by atoms with E-state index in [9.17, 15) is 0 Å². The summed E-state index contributed by atoms with van der Waals surface area (Å²) >= 11 is 21.7. The lowest BCUT2D eigenvalue weighted by Crippen LogP contribution is -2.11. The molecule has 106 valence electrons. The fourth-order valence-corrected chi connectivity index (χ4v) is 2.92. The average Bonchev–Trinajstić information content (AvgIpc) is 2.40. The lowest BCUT2D eigenvalue weighted by molar-refractivity contribution is 0.749. The van der Waals surface area contributed by atoms with Crippen molar-refractivity contribution in [3.05, 3.63) is 55.7 Å². The average molecular weight is 395 g/mol. The van der Waals surface area contributed by atoms with Crippen LogP contribution in [-0.4, -0.2) is 4.98 Å². The first-order valence-electron chi connectivity index (χ1n) is 6.03. The molecule has 6 heteroatoms. The molecule has 0 bridgehead atoms. The number of pyridine rings is 1. The Morgan fingerprint density at radius 2 is 2.00 bits per heavy atom. The van der Waals surface area contributed by atoms with Gasteiger partial charge in [-0.2, -0.15) is 0 Å². The van der Waals surface area contributed by atoms with Crippen molar-refractivity contribution in [2.24, 2.45) is 0 Å². The summed E-state index contributed by atoms with van der Waals surface area (Å²) in [6, 6.07) is 7.41. The van der Waals surface area contributed by atoms with Crippen LogP contribution in [0.2, 0.25) is 15.2 Å². The number of nitrogens with zero attached hydrogens (tertiary/aromatic N) is 1. The van der Waals surface area contributed by atoms with Crippen molar-refractivity contribution in [3.8, 4) is 0 Å². The Kier molecular flexibility index (Phi) is 5.56. The zero-order chi connectivity index (χ0) is 14.7. The van der Waals surface area contributed by atoms with E-state index < -0.39 is 0 Å². The number of nitrogens with one attached hydrogen (secondary N) is 1. The molecular weight excluding hydrogens is 382 g/mol. The molecule has 0 saturated carbocycles. The highest BCUT2D eigenvalue weighted by atomic mass is 79.9. The van der Waals surface area contributed by atoms with Crippen LogP contribution in [0.25, 0.3) is 0 Å². The molecule has 1 aromatic heterocycles. The molecule has 20 heavy (non-hydrogen) atoms. The van der Waals surface area contributed by atoms with Crippen LogP contribution in [0.1, 0.15) is 24.9 Å². The molecule has 1 aromatic carbocycles. The van der Waals surface area contributed by atoms with Crippen molar-refractivity contribution in [1.29, 1.82) is 0 Å². The van der Waals surface area contributed by atoms with E-state index >= 15 is 0 Å². The Morgan fingerprint density at radius 1 is 1.25 bits per heavy atom. The largest absolute Gasteiger partial charge is 0.376 e. The van der Waals surface area contributed by atoms with Crippen LogP contribution in [-0.2, 0) is 0 Å². The third kappa shape index (κ3) is 3.79. The Hall–Kier alpha value is -0.480. The first-order chi connectivity index (χ1) is 9.51. The summed E-state index contributed by atoms with van der Waals surface area (Å²) in [5.74, 6) is 0. The minimum atomic E-state index is 0.0355. The number of rotatable bonds is 4. The van der Waals surface area contributed by atoms with E-state index in [1.54, 1.807) is 12.3 Å². The second-order valence-corrected chi connectivity index (χ2v) is 6.38. The minimum Gasteiger partial charge on any atom is -0.376 e. The molecule has 0 saturated heterocycles. The van der Waals surface area contributed by atoms with E-state index in [0.717, 1.165) is 22.1 Å². The predicted octanol–water partition coefficient (Wildman–Crippen LogP) is 6.37. The van der Waals surface area contributed by atoms with E-state index in [-0.39, 0.29) is 6.04 Å². The number of benzene rings is 1. The Balaban J connectivity index is 2.31. The molecule has 1 N–H and O–H groups in total. The van der Waals surface area contributed by atoms with Gasteiger partial charge < -0.3 is 5.32 Å². The summed E-state index contributed by atoms with van der Waals surface area (Å²) in [5.41, 5.74) is 1.74. The van der Waals surface area contributed by atoms with Crippen molar-refractivity contribution in [1.82, 2.24) is 4.98 Å². The molecule has 1 heterocycles. The maximum Gasteiger partial charge on any atom is 0.152 e. The van der Waals surface area contributed by atoms with E-state index in [2.05, 4.69) is 33.2 Å². The van der Waals surface area contributed by atoms with Gasteiger partial charge in [-0.25, -0.2) is 4.98 Å². The van der Waals surface area contributed by atoms with Crippen LogP contribution in [0, 0.1) is 0 Å². The van der Waals surface area contributed by atoms with Crippen molar-refractivity contribution >= 4 is 56.4 Å². The van der Waals surface area contributed by atoms with Gasteiger partial charge in [0.05, 0.1) is 11.7 Å². The molecule has 0 aliphatic rings. The van der Waals surface area contributed by atoms with Crippen LogP contribution in [0.4, 0.5) is 5.69 Å². The third-order valence-electron chi connectivity index (χ3n) is 2.88. The van der Waals surface area contributed by atoms with Crippen LogP contribution in [0.5, 0.6) is 0 Å². The summed E-state index contributed by atoms with van der Waals surface area (Å²) in [5, 5.41) is 5.05. The van der Waals surface area contributed by atoms with Gasteiger partial charge in [0.15, 0.2) is 5.15 Å². The van der Waals surface area contributed by atoms with Gasteiger partial charge in [-0.1, -0.05) is 47.8 Å². The summed E-state index contributed by atoms with van der Waals surface area (Å²) in [6.07, 6.45) is 2.51. The first-order valence-corrected chi connectivity index (χ1v) is 7.96. The van der Waals surface area contributed by atoms with Gasteiger partial charge >= 0.3 is 0 Å². The fourth-order valence-electron chi connectivity index (χ4n) is 1.90. The van der Waals surface area contributed by atoms with E-state index in [1.165, 1.54) is 0 Å². The number of anilines is 1. The molecule has 0 fully saturated rings. The molecule has 0 aliphatic heterocycles. The summed E-state index contributed by atoms with van der Waals surface area (Å²) in [6.45, 7) is 2.07. The molecule has 0 aliphatic carbocycles. The highest BCUT2D eigenvalue weighted by Gasteiger charge is 2.15. The number of hydrogen-bond donors (Lipinski definition) is 1. The van der Waals surface area contributed by atoms with Gasteiger partial charge in [0.2, 0.25) is 0 Å². The van der Waals surface area contributed by atoms with Crippen molar-refractivity contribution in [2.45, 2.75) is 19.4 Å². The predicted molar refractivity (Wildman–Crippen MR) is 90.1 cm³/mol. The Bertz CT molecular complexity index is 619. The second kappa shape index (κ2) is 6.99. The van der Waals surface area contributed by atoms with E-state index in [1.807, 2.05) is 18.2 Å². The maximum absolute atomic E-state index is 6.26. The van der Waals surface area contributed by atoms with Gasteiger partial charge in [0, 0.05) is 20.7 Å². The summed E-state index contributed by atoms with van der Waals surface area (Å²) < 4.78 is 0.862. The van der Waals surface area contributed by atoms with Crippen LogP contribution < -0.4 is 5.32 Å². The zero-order valence-electron chi connectivity index (χ0n) is 10.6. The quantitative estimate of drug-likeness (QED) is 0.610. The van der Waals surface area contributed by atoms with Gasteiger partial charge in [-0.15, -0.1) is 0 Å². The third-order valence-corrected chi connectivity index (χ3v) is 4.18. The van der Waals surface area contributed by atoms with E-state index in [4.69, 9.17) is 34.8 Å². The molecular formula is C14H12BrCl3N2. The normalized spacial score (nSPS) is 12.2. The topological polar surface area (TPSA) is 24.9 Å². The van der Waals surface area contributed by atoms with Crippen LogP contribution >= 0.6 is 50.7 Å². The van der Waals surface area contributed by atoms with E-state index in [0.29, 0.717) is 15.2 Å². The van der Waals surface area contributed by atoms with Gasteiger partial charge in [-0.05, 0) is 46.1 Å². The van der Waals surface area contributed by atoms with Crippen molar-refractivity contribution in [3.63, 3.8) is 0 Å². The molecule has 2 rings (SSSR count). The first kappa shape index (κ1) is 15.9.